The summed E-state index contributed by atoms with van der Waals surface area (Å²) in [6, 6.07) is -0.398. The van der Waals surface area contributed by atoms with Gasteiger partial charge >= 0.3 is 0 Å². The highest BCUT2D eigenvalue weighted by molar-refractivity contribution is 5.55. The van der Waals surface area contributed by atoms with Crippen molar-refractivity contribution in [1.82, 2.24) is 0 Å². The largest absolute Gasteiger partial charge is 0.386 e. The quantitative estimate of drug-likeness (QED) is 0.144. The Morgan fingerprint density at radius 1 is 0.800 bits per heavy atom. The number of nitro groups is 1. The van der Waals surface area contributed by atoms with E-state index < -0.39 is 12.1 Å². The molecule has 0 aliphatic carbocycles. The van der Waals surface area contributed by atoms with Gasteiger partial charge in [0.1, 0.15) is 12.4 Å². The first-order valence-electron chi connectivity index (χ1n) is 10.4. The molecule has 0 aliphatic rings. The van der Waals surface area contributed by atoms with Crippen molar-refractivity contribution in [1.29, 1.82) is 0 Å². The molecular formula is C20H39NO4. The van der Waals surface area contributed by atoms with Crippen LogP contribution >= 0.6 is 0 Å². The van der Waals surface area contributed by atoms with Crippen molar-refractivity contribution >= 4 is 6.29 Å². The van der Waals surface area contributed by atoms with E-state index in [0.717, 1.165) is 38.5 Å². The number of aliphatic hydroxyl groups excluding tert-OH is 1. The van der Waals surface area contributed by atoms with Crippen LogP contribution in [-0.2, 0) is 4.79 Å². The van der Waals surface area contributed by atoms with Crippen LogP contribution in [-0.4, -0.2) is 28.5 Å². The third-order valence-electron chi connectivity index (χ3n) is 4.88. The smallest absolute Gasteiger partial charge is 0.213 e. The van der Waals surface area contributed by atoms with Gasteiger partial charge in [0.2, 0.25) is 6.04 Å². The summed E-state index contributed by atoms with van der Waals surface area (Å²) < 4.78 is 0. The highest BCUT2D eigenvalue weighted by atomic mass is 16.6. The standard InChI is InChI=1S/C20H39NO4/c1-2-3-4-5-6-7-8-9-12-15-19(21(24)25)16-13-10-11-14-17-20(23)18-22/h18-20,23H,2-17H2,1H3. The Morgan fingerprint density at radius 3 is 1.60 bits per heavy atom. The van der Waals surface area contributed by atoms with Gasteiger partial charge in [0.15, 0.2) is 0 Å². The molecule has 0 heterocycles. The van der Waals surface area contributed by atoms with E-state index in [1.54, 1.807) is 0 Å². The highest BCUT2D eigenvalue weighted by Crippen LogP contribution is 2.16. The maximum Gasteiger partial charge on any atom is 0.213 e. The minimum Gasteiger partial charge on any atom is -0.386 e. The fourth-order valence-electron chi connectivity index (χ4n) is 3.20. The van der Waals surface area contributed by atoms with Crippen molar-refractivity contribution in [3.8, 4) is 0 Å². The maximum atomic E-state index is 11.1. The van der Waals surface area contributed by atoms with Crippen LogP contribution in [0.3, 0.4) is 0 Å². The molecule has 0 bridgehead atoms. The monoisotopic (exact) mass is 357 g/mol. The lowest BCUT2D eigenvalue weighted by atomic mass is 10.00. The minimum absolute atomic E-state index is 0.110. The first-order chi connectivity index (χ1) is 12.1. The Labute approximate surface area is 153 Å². The van der Waals surface area contributed by atoms with E-state index in [1.807, 2.05) is 0 Å². The van der Waals surface area contributed by atoms with Crippen molar-refractivity contribution in [3.05, 3.63) is 10.1 Å². The molecule has 1 N–H and O–H groups in total. The molecule has 0 amide bonds. The lowest BCUT2D eigenvalue weighted by Gasteiger charge is -2.09. The van der Waals surface area contributed by atoms with Gasteiger partial charge < -0.3 is 9.90 Å². The molecule has 2 unspecified atom stereocenters. The first kappa shape index (κ1) is 24.0. The molecule has 0 aliphatic heterocycles. The number of aliphatic hydroxyl groups is 1. The molecule has 0 fully saturated rings. The average molecular weight is 358 g/mol. The number of carbonyl (C=O) groups excluding carboxylic acids is 1. The van der Waals surface area contributed by atoms with Crippen molar-refractivity contribution in [2.75, 3.05) is 0 Å². The van der Waals surface area contributed by atoms with Crippen LogP contribution < -0.4 is 0 Å². The molecule has 25 heavy (non-hydrogen) atoms. The van der Waals surface area contributed by atoms with E-state index in [1.165, 1.54) is 44.9 Å². The predicted molar refractivity (Wildman–Crippen MR) is 102 cm³/mol. The van der Waals surface area contributed by atoms with Crippen molar-refractivity contribution < 1.29 is 14.8 Å². The van der Waals surface area contributed by atoms with Gasteiger partial charge in [-0.2, -0.15) is 0 Å². The lowest BCUT2D eigenvalue weighted by molar-refractivity contribution is -0.524. The van der Waals surface area contributed by atoms with Gasteiger partial charge in [-0.1, -0.05) is 77.6 Å². The Bertz CT molecular complexity index is 323. The second kappa shape index (κ2) is 17.8. The van der Waals surface area contributed by atoms with Crippen LogP contribution in [0.25, 0.3) is 0 Å². The summed E-state index contributed by atoms with van der Waals surface area (Å²) in [7, 11) is 0. The molecule has 0 aromatic rings. The van der Waals surface area contributed by atoms with Gasteiger partial charge in [-0.3, -0.25) is 10.1 Å². The summed E-state index contributed by atoms with van der Waals surface area (Å²) in [6.07, 6.45) is 16.2. The summed E-state index contributed by atoms with van der Waals surface area (Å²) in [5.74, 6) is 0. The zero-order valence-electron chi connectivity index (χ0n) is 16.2. The Hall–Kier alpha value is -0.970. The lowest BCUT2D eigenvalue weighted by Crippen LogP contribution is -2.19. The van der Waals surface area contributed by atoms with E-state index in [4.69, 9.17) is 5.11 Å². The summed E-state index contributed by atoms with van der Waals surface area (Å²) in [5, 5.41) is 20.3. The topological polar surface area (TPSA) is 80.4 Å². The summed E-state index contributed by atoms with van der Waals surface area (Å²) in [4.78, 5) is 21.3. The van der Waals surface area contributed by atoms with E-state index in [-0.39, 0.29) is 4.92 Å². The van der Waals surface area contributed by atoms with Crippen LogP contribution in [0.4, 0.5) is 0 Å². The van der Waals surface area contributed by atoms with E-state index in [9.17, 15) is 14.9 Å². The Morgan fingerprint density at radius 2 is 1.20 bits per heavy atom. The molecule has 0 rings (SSSR count). The second-order valence-electron chi connectivity index (χ2n) is 7.25. The van der Waals surface area contributed by atoms with Gasteiger partial charge in [0.25, 0.3) is 0 Å². The van der Waals surface area contributed by atoms with Crippen molar-refractivity contribution in [2.24, 2.45) is 0 Å². The molecule has 0 saturated carbocycles. The van der Waals surface area contributed by atoms with Gasteiger partial charge in [-0.05, 0) is 19.3 Å². The fraction of sp³-hybridized carbons (Fsp3) is 0.950. The molecule has 0 spiro atoms. The van der Waals surface area contributed by atoms with Crippen LogP contribution in [0.1, 0.15) is 110 Å². The normalized spacial score (nSPS) is 13.5. The zero-order chi connectivity index (χ0) is 18.8. The molecule has 5 nitrogen and oxygen atoms in total. The fourth-order valence-corrected chi connectivity index (χ4v) is 3.20. The highest BCUT2D eigenvalue weighted by Gasteiger charge is 2.18. The maximum absolute atomic E-state index is 11.1. The number of hydrogen-bond donors (Lipinski definition) is 1. The minimum atomic E-state index is -0.849. The van der Waals surface area contributed by atoms with Gasteiger partial charge in [-0.15, -0.1) is 0 Å². The molecule has 0 aromatic carbocycles. The molecule has 5 heteroatoms. The molecule has 2 atom stereocenters. The molecule has 0 aromatic heterocycles. The average Bonchev–Trinajstić information content (AvgIpc) is 2.60. The van der Waals surface area contributed by atoms with Gasteiger partial charge in [0, 0.05) is 17.8 Å². The van der Waals surface area contributed by atoms with Crippen LogP contribution in [0.15, 0.2) is 0 Å². The van der Waals surface area contributed by atoms with Crippen LogP contribution in [0, 0.1) is 10.1 Å². The number of hydrogen-bond acceptors (Lipinski definition) is 4. The predicted octanol–water partition coefficient (Wildman–Crippen LogP) is 5.45. The third-order valence-corrected chi connectivity index (χ3v) is 4.88. The van der Waals surface area contributed by atoms with E-state index in [0.29, 0.717) is 25.5 Å². The molecule has 0 radical (unpaired) electrons. The Kier molecular flexibility index (Phi) is 17.1. The van der Waals surface area contributed by atoms with Gasteiger partial charge in [0.05, 0.1) is 0 Å². The molecular weight excluding hydrogens is 318 g/mol. The zero-order valence-corrected chi connectivity index (χ0v) is 16.2. The van der Waals surface area contributed by atoms with Crippen LogP contribution in [0.5, 0.6) is 0 Å². The SMILES string of the molecule is CCCCCCCCCCCC(CCCCCCC(O)C=O)[N+](=O)[O-]. The number of carbonyl (C=O) groups is 1. The molecule has 148 valence electrons. The third kappa shape index (κ3) is 16.3. The summed E-state index contributed by atoms with van der Waals surface area (Å²) >= 11 is 0. The molecule has 0 saturated heterocycles. The van der Waals surface area contributed by atoms with E-state index >= 15 is 0 Å². The summed E-state index contributed by atoms with van der Waals surface area (Å²) in [6.45, 7) is 2.23. The number of rotatable bonds is 19. The van der Waals surface area contributed by atoms with Crippen molar-refractivity contribution in [3.63, 3.8) is 0 Å². The second-order valence-corrected chi connectivity index (χ2v) is 7.25. The van der Waals surface area contributed by atoms with Crippen molar-refractivity contribution in [2.45, 2.75) is 122 Å². The number of aldehydes is 1. The number of nitrogens with zero attached hydrogens (tertiary/aromatic N) is 1. The van der Waals surface area contributed by atoms with Crippen LogP contribution in [0.2, 0.25) is 0 Å². The first-order valence-corrected chi connectivity index (χ1v) is 10.4. The summed E-state index contributed by atoms with van der Waals surface area (Å²) in [5.41, 5.74) is 0. The van der Waals surface area contributed by atoms with Gasteiger partial charge in [-0.25, -0.2) is 0 Å². The Balaban J connectivity index is 3.55. The van der Waals surface area contributed by atoms with E-state index in [2.05, 4.69) is 6.92 Å². The number of unbranched alkanes of at least 4 members (excludes halogenated alkanes) is 11.